The highest BCUT2D eigenvalue weighted by Gasteiger charge is 2.20. The predicted molar refractivity (Wildman–Crippen MR) is 333 cm³/mol. The van der Waals surface area contributed by atoms with Crippen molar-refractivity contribution in [3.63, 3.8) is 0 Å². The number of fused-ring (bicyclic) bond motifs is 9. The van der Waals surface area contributed by atoms with Crippen LogP contribution in [0.5, 0.6) is 0 Å². The summed E-state index contributed by atoms with van der Waals surface area (Å²) in [6.45, 7) is 0. The summed E-state index contributed by atoms with van der Waals surface area (Å²) in [6.07, 6.45) is 7.93. The molecule has 0 fully saturated rings. The molecule has 0 aromatic heterocycles. The molecule has 14 aromatic carbocycles. The molecule has 364 valence electrons. The van der Waals surface area contributed by atoms with E-state index in [1.807, 2.05) is 0 Å². The first kappa shape index (κ1) is 47.1. The van der Waals surface area contributed by atoms with Gasteiger partial charge in [-0.3, -0.25) is 0 Å². The lowest BCUT2D eigenvalue weighted by Gasteiger charge is -2.00. The second kappa shape index (κ2) is 21.3. The van der Waals surface area contributed by atoms with E-state index in [9.17, 15) is 0 Å². The quantitative estimate of drug-likeness (QED) is 0.133. The van der Waals surface area contributed by atoms with Crippen molar-refractivity contribution in [2.75, 3.05) is 0 Å². The highest BCUT2D eigenvalue weighted by atomic mass is 14.2. The van der Waals surface area contributed by atoms with Crippen molar-refractivity contribution in [3.8, 4) is 33.4 Å². The van der Waals surface area contributed by atoms with Gasteiger partial charge in [0.15, 0.2) is 0 Å². The maximum atomic E-state index is 2.25. The number of benzene rings is 14. The van der Waals surface area contributed by atoms with Gasteiger partial charge in [0.25, 0.3) is 0 Å². The van der Waals surface area contributed by atoms with Crippen molar-refractivity contribution < 1.29 is 0 Å². The van der Waals surface area contributed by atoms with E-state index in [-0.39, 0.29) is 0 Å². The Labute approximate surface area is 451 Å². The van der Waals surface area contributed by atoms with Crippen molar-refractivity contribution in [1.82, 2.24) is 0 Å². The third-order valence-corrected chi connectivity index (χ3v) is 15.5. The molecule has 0 unspecified atom stereocenters. The molecule has 4 aliphatic carbocycles. The molecule has 4 aliphatic rings. The summed E-state index contributed by atoms with van der Waals surface area (Å²) in [5, 5.41) is 16.3. The van der Waals surface area contributed by atoms with Crippen LogP contribution in [0.3, 0.4) is 0 Å². The van der Waals surface area contributed by atoms with Crippen molar-refractivity contribution >= 4 is 76.8 Å². The van der Waals surface area contributed by atoms with Gasteiger partial charge in [0.2, 0.25) is 0 Å². The van der Waals surface area contributed by atoms with Crippen LogP contribution in [0.25, 0.3) is 110 Å². The van der Waals surface area contributed by atoms with Crippen LogP contribution in [0.2, 0.25) is 0 Å². The molecule has 0 radical (unpaired) electrons. The van der Waals surface area contributed by atoms with Gasteiger partial charge < -0.3 is 0 Å². The van der Waals surface area contributed by atoms with Gasteiger partial charge in [0.1, 0.15) is 0 Å². The first-order valence-electron chi connectivity index (χ1n) is 27.0. The van der Waals surface area contributed by atoms with Gasteiger partial charge in [-0.05, 0) is 163 Å². The minimum atomic E-state index is 1.10. The highest BCUT2D eigenvalue weighted by Crippen LogP contribution is 2.46. The van der Waals surface area contributed by atoms with E-state index in [0.29, 0.717) is 0 Å². The Morgan fingerprint density at radius 3 is 0.896 bits per heavy atom. The molecule has 0 nitrogen and oxygen atoms in total. The van der Waals surface area contributed by atoms with E-state index in [4.69, 9.17) is 0 Å². The molecule has 0 amide bonds. The Morgan fingerprint density at radius 2 is 0.468 bits per heavy atom. The molecule has 0 bridgehead atoms. The molecule has 77 heavy (non-hydrogen) atoms. The first-order valence-corrected chi connectivity index (χ1v) is 27.0. The third-order valence-electron chi connectivity index (χ3n) is 15.5. The topological polar surface area (TPSA) is 0 Å². The summed E-state index contributed by atoms with van der Waals surface area (Å²) < 4.78 is 0. The maximum absolute atomic E-state index is 2.25. The molecule has 0 N–H and O–H groups in total. The van der Waals surface area contributed by atoms with E-state index >= 15 is 0 Å². The maximum Gasteiger partial charge on any atom is -0.00135 e. The van der Waals surface area contributed by atoms with Gasteiger partial charge in [0.05, 0.1) is 0 Å². The molecule has 0 heteroatoms. The van der Waals surface area contributed by atoms with Crippen LogP contribution >= 0.6 is 0 Å². The minimum absolute atomic E-state index is 1.10. The minimum Gasteiger partial charge on any atom is -0.0619 e. The largest absolute Gasteiger partial charge is 0.0619 e. The van der Waals surface area contributed by atoms with Crippen molar-refractivity contribution in [1.29, 1.82) is 0 Å². The van der Waals surface area contributed by atoms with Crippen LogP contribution in [0.4, 0.5) is 0 Å². The summed E-state index contributed by atoms with van der Waals surface area (Å²) in [7, 11) is 0. The molecule has 0 saturated heterocycles. The van der Waals surface area contributed by atoms with Gasteiger partial charge in [0, 0.05) is 0 Å². The van der Waals surface area contributed by atoms with Gasteiger partial charge in [-0.15, -0.1) is 0 Å². The number of hydrogen-bond acceptors (Lipinski definition) is 0. The van der Waals surface area contributed by atoms with E-state index in [0.717, 1.165) is 6.42 Å². The van der Waals surface area contributed by atoms with E-state index < -0.39 is 0 Å². The molecular formula is C77H56. The Hall–Kier alpha value is -9.62. The van der Waals surface area contributed by atoms with Gasteiger partial charge in [-0.1, -0.05) is 291 Å². The Morgan fingerprint density at radius 1 is 0.182 bits per heavy atom. The van der Waals surface area contributed by atoms with E-state index in [1.54, 1.807) is 0 Å². The van der Waals surface area contributed by atoms with Gasteiger partial charge >= 0.3 is 0 Å². The zero-order chi connectivity index (χ0) is 51.3. The molecule has 0 heterocycles. The van der Waals surface area contributed by atoms with Crippen LogP contribution in [-0.4, -0.2) is 0 Å². The van der Waals surface area contributed by atoms with Crippen LogP contribution in [0, 0.1) is 0 Å². The first-order chi connectivity index (χ1) is 38.2. The second-order valence-electron chi connectivity index (χ2n) is 20.2. The molecular weight excluding hydrogens is 925 g/mol. The molecule has 14 aromatic rings. The fraction of sp³-hybridized carbons (Fsp3) is 0.0390. The lowest BCUT2D eigenvalue weighted by molar-refractivity contribution is 1.02. The van der Waals surface area contributed by atoms with Crippen LogP contribution < -0.4 is 0 Å². The Bertz CT molecular complexity index is 4130. The van der Waals surface area contributed by atoms with Crippen molar-refractivity contribution in [3.05, 3.63) is 325 Å². The summed E-state index contributed by atoms with van der Waals surface area (Å²) in [6, 6.07) is 103. The van der Waals surface area contributed by atoms with Crippen LogP contribution in [-0.2, 0) is 19.3 Å². The van der Waals surface area contributed by atoms with E-state index in [2.05, 4.69) is 303 Å². The highest BCUT2D eigenvalue weighted by molar-refractivity contribution is 6.15. The van der Waals surface area contributed by atoms with Crippen LogP contribution in [0.15, 0.2) is 291 Å². The van der Waals surface area contributed by atoms with Gasteiger partial charge in [-0.25, -0.2) is 0 Å². The lowest BCUT2D eigenvalue weighted by Crippen LogP contribution is -1.77. The average Bonchev–Trinajstić information content (AvgIpc) is 4.38. The zero-order valence-electron chi connectivity index (χ0n) is 43.0. The van der Waals surface area contributed by atoms with Crippen molar-refractivity contribution in [2.45, 2.75) is 19.3 Å². The lowest BCUT2D eigenvalue weighted by atomic mass is 10.0. The standard InChI is InChI=1S/C16H10.C14H10.C13H10.C12H10.C12H8.C10H8/c1-2-8-13-12(7-1)14-9-3-5-11-6-4-10-15(13)16(11)14;1-2-6-12-10-14-8-4-3-7-13(14)9-11(12)5-1;1-3-7-12-10(5-1)9-11-6-2-4-8-13(11)12;2*1-3-9-4-2-6-11-8-7-10(5-1)12(9)11;1-2-6-10-8-4-3-7-9(10)5-1/h1-10H;1-10H;1-8H,9H2;1-6H,7-8H2;1-8H;1-8H. The van der Waals surface area contributed by atoms with E-state index in [1.165, 1.54) is 144 Å². The van der Waals surface area contributed by atoms with Crippen LogP contribution in [0.1, 0.15) is 33.4 Å². The Kier molecular flexibility index (Phi) is 13.0. The SMILES string of the molecule is C1=Cc2cccc3cccc1c23.c1cc2c3c(cccc3c1)CC2.c1ccc2c(c1)-c1cccc3cccc-2c13.c1ccc2c(c1)Cc1ccccc1-2.c1ccc2cc3ccccc3cc2c1.c1ccc2ccccc2c1. The molecule has 0 aliphatic heterocycles. The number of aryl methyl sites for hydroxylation is 2. The van der Waals surface area contributed by atoms with Gasteiger partial charge in [-0.2, -0.15) is 0 Å². The molecule has 18 rings (SSSR count). The fourth-order valence-electron chi connectivity index (χ4n) is 11.9. The molecule has 0 atom stereocenters. The Balaban J connectivity index is 0.0000000887. The second-order valence-corrected chi connectivity index (χ2v) is 20.2. The third kappa shape index (κ3) is 9.59. The summed E-state index contributed by atoms with van der Waals surface area (Å²) in [5.41, 5.74) is 17.0. The summed E-state index contributed by atoms with van der Waals surface area (Å²) >= 11 is 0. The summed E-state index contributed by atoms with van der Waals surface area (Å²) in [4.78, 5) is 0. The normalized spacial score (nSPS) is 11.9. The smallest absolute Gasteiger partial charge is 0.00135 e. The average molecular weight is 981 g/mol. The van der Waals surface area contributed by atoms with Crippen molar-refractivity contribution in [2.24, 2.45) is 0 Å². The summed E-state index contributed by atoms with van der Waals surface area (Å²) in [5.74, 6) is 0. The zero-order valence-corrected chi connectivity index (χ0v) is 43.0. The fourth-order valence-corrected chi connectivity index (χ4v) is 11.9. The monoisotopic (exact) mass is 980 g/mol. The number of rotatable bonds is 0. The predicted octanol–water partition coefficient (Wildman–Crippen LogP) is 20.8. The molecule has 0 spiro atoms. The molecule has 0 saturated carbocycles. The number of hydrogen-bond donors (Lipinski definition) is 0.